The summed E-state index contributed by atoms with van der Waals surface area (Å²) in [4.78, 5) is 13.8. The van der Waals surface area contributed by atoms with Crippen LogP contribution in [0.1, 0.15) is 24.9 Å². The van der Waals surface area contributed by atoms with E-state index in [4.69, 9.17) is 23.2 Å². The lowest BCUT2D eigenvalue weighted by Gasteiger charge is -2.39. The molecule has 1 aromatic carbocycles. The molecule has 3 nitrogen and oxygen atoms in total. The van der Waals surface area contributed by atoms with Gasteiger partial charge < -0.3 is 5.11 Å². The highest BCUT2D eigenvalue weighted by Gasteiger charge is 2.40. The summed E-state index contributed by atoms with van der Waals surface area (Å²) in [5.41, 5.74) is -0.406. The van der Waals surface area contributed by atoms with Gasteiger partial charge >= 0.3 is 0 Å². The molecule has 0 bridgehead atoms. The predicted octanol–water partition coefficient (Wildman–Crippen LogP) is 2.69. The van der Waals surface area contributed by atoms with Gasteiger partial charge in [0.2, 0.25) is 0 Å². The van der Waals surface area contributed by atoms with Crippen molar-refractivity contribution in [2.24, 2.45) is 0 Å². The fourth-order valence-electron chi connectivity index (χ4n) is 2.35. The van der Waals surface area contributed by atoms with Gasteiger partial charge in [-0.2, -0.15) is 0 Å². The number of rotatable bonds is 1. The minimum atomic E-state index is -1.27. The Morgan fingerprint density at radius 3 is 2.72 bits per heavy atom. The van der Waals surface area contributed by atoms with Crippen LogP contribution < -0.4 is 0 Å². The Hall–Kier alpha value is -0.610. The lowest BCUT2D eigenvalue weighted by molar-refractivity contribution is -0.144. The molecule has 5 heteroatoms. The Labute approximate surface area is 116 Å². The summed E-state index contributed by atoms with van der Waals surface area (Å²) < 4.78 is 0. The molecule has 1 N–H and O–H groups in total. The second kappa shape index (κ2) is 4.82. The van der Waals surface area contributed by atoms with Crippen LogP contribution >= 0.6 is 23.2 Å². The van der Waals surface area contributed by atoms with Crippen LogP contribution in [-0.4, -0.2) is 35.0 Å². The van der Waals surface area contributed by atoms with E-state index in [1.807, 2.05) is 18.0 Å². The van der Waals surface area contributed by atoms with Crippen LogP contribution in [0.3, 0.4) is 0 Å². The summed E-state index contributed by atoms with van der Waals surface area (Å²) in [5.74, 6) is -0.156. The fraction of sp³-hybridized carbons (Fsp3) is 0.462. The van der Waals surface area contributed by atoms with Crippen molar-refractivity contribution in [2.75, 3.05) is 13.6 Å². The number of benzene rings is 1. The molecule has 1 aliphatic rings. The third-order valence-electron chi connectivity index (χ3n) is 3.39. The first-order valence-corrected chi connectivity index (χ1v) is 6.48. The number of likely N-dealkylation sites (N-methyl/N-ethyl adjacent to an activating group) is 1. The lowest BCUT2D eigenvalue weighted by atomic mass is 9.86. The van der Waals surface area contributed by atoms with Crippen molar-refractivity contribution in [2.45, 2.75) is 25.0 Å². The second-order valence-electron chi connectivity index (χ2n) is 5.00. The van der Waals surface area contributed by atoms with Crippen LogP contribution in [-0.2, 0) is 4.79 Å². The standard InChI is InChI=1S/C13H15Cl2NO2/c1-13(18)7-16(2)11(6-12(13)17)9-4-3-8(14)5-10(9)15/h3-5,11,18H,6-7H2,1-2H3. The summed E-state index contributed by atoms with van der Waals surface area (Å²) in [6, 6.07) is 5.15. The molecule has 0 radical (unpaired) electrons. The van der Waals surface area contributed by atoms with Gasteiger partial charge in [0, 0.05) is 29.1 Å². The molecular weight excluding hydrogens is 273 g/mol. The average molecular weight is 288 g/mol. The Morgan fingerprint density at radius 1 is 1.44 bits per heavy atom. The van der Waals surface area contributed by atoms with Gasteiger partial charge in [-0.05, 0) is 31.7 Å². The van der Waals surface area contributed by atoms with Crippen molar-refractivity contribution in [3.8, 4) is 0 Å². The number of ketones is 1. The number of Topliss-reactive ketones (excluding diaryl/α,β-unsaturated/α-hetero) is 1. The molecule has 0 spiro atoms. The monoisotopic (exact) mass is 287 g/mol. The highest BCUT2D eigenvalue weighted by molar-refractivity contribution is 6.35. The van der Waals surface area contributed by atoms with Gasteiger partial charge in [0.05, 0.1) is 0 Å². The number of β-amino-alcohol motifs (C(OH)–C–C–N with tert-alkyl or cyclic N) is 1. The molecule has 2 unspecified atom stereocenters. The molecule has 1 aliphatic heterocycles. The molecule has 1 fully saturated rings. The third-order valence-corrected chi connectivity index (χ3v) is 3.95. The van der Waals surface area contributed by atoms with Crippen LogP contribution in [0.5, 0.6) is 0 Å². The third kappa shape index (κ3) is 2.54. The maximum absolute atomic E-state index is 11.9. The van der Waals surface area contributed by atoms with Crippen LogP contribution in [0.2, 0.25) is 10.0 Å². The first-order chi connectivity index (χ1) is 8.31. The number of likely N-dealkylation sites (tertiary alicyclic amines) is 1. The fourth-order valence-corrected chi connectivity index (χ4v) is 2.89. The zero-order chi connectivity index (χ0) is 13.5. The normalized spacial score (nSPS) is 29.6. The van der Waals surface area contributed by atoms with Gasteiger partial charge in [-0.25, -0.2) is 0 Å². The summed E-state index contributed by atoms with van der Waals surface area (Å²) in [5, 5.41) is 11.1. The number of piperidine rings is 1. The largest absolute Gasteiger partial charge is 0.381 e. The van der Waals surface area contributed by atoms with E-state index in [2.05, 4.69) is 0 Å². The van der Waals surface area contributed by atoms with Gasteiger partial charge in [-0.3, -0.25) is 9.69 Å². The lowest BCUT2D eigenvalue weighted by Crippen LogP contribution is -2.52. The van der Waals surface area contributed by atoms with E-state index in [0.29, 0.717) is 16.6 Å². The Morgan fingerprint density at radius 2 is 2.11 bits per heavy atom. The first-order valence-electron chi connectivity index (χ1n) is 5.72. The summed E-state index contributed by atoms with van der Waals surface area (Å²) in [6.45, 7) is 1.85. The maximum atomic E-state index is 11.9. The molecule has 1 heterocycles. The molecule has 2 atom stereocenters. The molecule has 1 saturated heterocycles. The average Bonchev–Trinajstić information content (AvgIpc) is 2.24. The smallest absolute Gasteiger partial charge is 0.167 e. The van der Waals surface area contributed by atoms with E-state index in [1.54, 1.807) is 19.1 Å². The van der Waals surface area contributed by atoms with E-state index >= 15 is 0 Å². The van der Waals surface area contributed by atoms with Gasteiger partial charge in [-0.15, -0.1) is 0 Å². The van der Waals surface area contributed by atoms with E-state index in [9.17, 15) is 9.90 Å². The summed E-state index contributed by atoms with van der Waals surface area (Å²) >= 11 is 12.0. The van der Waals surface area contributed by atoms with Gasteiger partial charge in [0.25, 0.3) is 0 Å². The van der Waals surface area contributed by atoms with Crippen LogP contribution in [0.15, 0.2) is 18.2 Å². The van der Waals surface area contributed by atoms with Crippen molar-refractivity contribution in [3.63, 3.8) is 0 Å². The number of carbonyl (C=O) groups excluding carboxylic acids is 1. The van der Waals surface area contributed by atoms with Crippen molar-refractivity contribution in [1.29, 1.82) is 0 Å². The zero-order valence-electron chi connectivity index (χ0n) is 10.3. The SMILES string of the molecule is CN1CC(C)(O)C(=O)CC1c1ccc(Cl)cc1Cl. The quantitative estimate of drug-likeness (QED) is 0.863. The number of nitrogens with zero attached hydrogens (tertiary/aromatic N) is 1. The first kappa shape index (κ1) is 13.8. The maximum Gasteiger partial charge on any atom is 0.167 e. The highest BCUT2D eigenvalue weighted by Crippen LogP contribution is 2.36. The Bertz CT molecular complexity index is 488. The Kier molecular flexibility index (Phi) is 3.70. The number of carbonyl (C=O) groups is 1. The van der Waals surface area contributed by atoms with Crippen molar-refractivity contribution in [1.82, 2.24) is 4.90 Å². The summed E-state index contributed by atoms with van der Waals surface area (Å²) in [6.07, 6.45) is 0.255. The summed E-state index contributed by atoms with van der Waals surface area (Å²) in [7, 11) is 1.87. The number of aliphatic hydroxyl groups is 1. The zero-order valence-corrected chi connectivity index (χ0v) is 11.8. The molecule has 0 aromatic heterocycles. The topological polar surface area (TPSA) is 40.5 Å². The molecular formula is C13H15Cl2NO2. The number of halogens is 2. The molecule has 1 aromatic rings. The molecule has 0 amide bonds. The minimum Gasteiger partial charge on any atom is -0.381 e. The molecule has 2 rings (SSSR count). The minimum absolute atomic E-state index is 0.109. The number of hydrogen-bond acceptors (Lipinski definition) is 3. The van der Waals surface area contributed by atoms with Crippen molar-refractivity contribution >= 4 is 29.0 Å². The predicted molar refractivity (Wildman–Crippen MR) is 72.1 cm³/mol. The van der Waals surface area contributed by atoms with Gasteiger partial charge in [0.1, 0.15) is 5.60 Å². The van der Waals surface area contributed by atoms with Crippen LogP contribution in [0, 0.1) is 0 Å². The molecule has 0 aliphatic carbocycles. The Balaban J connectivity index is 2.32. The van der Waals surface area contributed by atoms with Crippen molar-refractivity contribution in [3.05, 3.63) is 33.8 Å². The molecule has 98 valence electrons. The number of hydrogen-bond donors (Lipinski definition) is 1. The molecule has 18 heavy (non-hydrogen) atoms. The molecule has 0 saturated carbocycles. The van der Waals surface area contributed by atoms with E-state index in [-0.39, 0.29) is 18.2 Å². The van der Waals surface area contributed by atoms with Crippen LogP contribution in [0.25, 0.3) is 0 Å². The second-order valence-corrected chi connectivity index (χ2v) is 5.84. The van der Waals surface area contributed by atoms with Crippen LogP contribution in [0.4, 0.5) is 0 Å². The highest BCUT2D eigenvalue weighted by atomic mass is 35.5. The van der Waals surface area contributed by atoms with E-state index in [1.165, 1.54) is 0 Å². The van der Waals surface area contributed by atoms with Gasteiger partial charge in [0.15, 0.2) is 5.78 Å². The van der Waals surface area contributed by atoms with Gasteiger partial charge in [-0.1, -0.05) is 29.3 Å². The van der Waals surface area contributed by atoms with E-state index in [0.717, 1.165) is 5.56 Å². The van der Waals surface area contributed by atoms with Crippen molar-refractivity contribution < 1.29 is 9.90 Å². The van der Waals surface area contributed by atoms with E-state index < -0.39 is 5.60 Å².